The van der Waals surface area contributed by atoms with E-state index in [9.17, 15) is 8.42 Å². The van der Waals surface area contributed by atoms with Crippen molar-refractivity contribution in [2.24, 2.45) is 5.10 Å². The van der Waals surface area contributed by atoms with Gasteiger partial charge in [-0.3, -0.25) is 5.43 Å². The van der Waals surface area contributed by atoms with Crippen LogP contribution in [-0.4, -0.2) is 26.7 Å². The predicted molar refractivity (Wildman–Crippen MR) is 141 cm³/mol. The molecule has 1 aromatic heterocycles. The topological polar surface area (TPSA) is 89.9 Å². The molecule has 3 aromatic carbocycles. The molecule has 0 saturated carbocycles. The fourth-order valence-corrected chi connectivity index (χ4v) is 4.91. The number of halogens is 3. The van der Waals surface area contributed by atoms with Gasteiger partial charge in [0.15, 0.2) is 11.5 Å². The maximum Gasteiger partial charge on any atom is 0.339 e. The normalized spacial score (nSPS) is 11.5. The minimum Gasteiger partial charge on any atom is -0.493 e. The molecule has 0 bridgehead atoms. The molecule has 180 valence electrons. The smallest absolute Gasteiger partial charge is 0.339 e. The number of thiazole rings is 1. The molecule has 0 atom stereocenters. The van der Waals surface area contributed by atoms with E-state index in [0.29, 0.717) is 25.8 Å². The number of aromatic nitrogens is 1. The van der Waals surface area contributed by atoms with Crippen molar-refractivity contribution >= 4 is 67.6 Å². The third-order valence-electron chi connectivity index (χ3n) is 4.58. The minimum atomic E-state index is -4.06. The summed E-state index contributed by atoms with van der Waals surface area (Å²) in [6.45, 7) is 0. The number of rotatable bonds is 8. The van der Waals surface area contributed by atoms with Crippen LogP contribution in [0.2, 0.25) is 15.1 Å². The third kappa shape index (κ3) is 6.25. The number of nitrogens with zero attached hydrogens (tertiary/aromatic N) is 2. The second-order valence-electron chi connectivity index (χ2n) is 6.94. The standard InChI is InChI=1S/C23H16Cl3N3O4S2/c1-32-22-10-14(2-9-21(22)33-35(30,31)17-6-4-16(24)5-7-17)12-27-29-23-28-20(13-34-23)15-3-8-18(25)19(26)11-15/h2-13H,1H3,(H,28,29)/b27-12-. The molecule has 0 aliphatic carbocycles. The Hall–Kier alpha value is -2.82. The summed E-state index contributed by atoms with van der Waals surface area (Å²) in [4.78, 5) is 4.45. The monoisotopic (exact) mass is 567 g/mol. The van der Waals surface area contributed by atoms with Crippen LogP contribution in [-0.2, 0) is 10.1 Å². The van der Waals surface area contributed by atoms with Crippen LogP contribution in [0.1, 0.15) is 5.56 Å². The van der Waals surface area contributed by atoms with E-state index in [1.165, 1.54) is 48.8 Å². The summed E-state index contributed by atoms with van der Waals surface area (Å²) in [7, 11) is -2.65. The molecule has 1 N–H and O–H groups in total. The van der Waals surface area contributed by atoms with E-state index in [2.05, 4.69) is 15.5 Å². The molecule has 0 amide bonds. The van der Waals surface area contributed by atoms with Crippen LogP contribution in [0.5, 0.6) is 11.5 Å². The van der Waals surface area contributed by atoms with Gasteiger partial charge in [0.1, 0.15) is 4.90 Å². The molecule has 35 heavy (non-hydrogen) atoms. The van der Waals surface area contributed by atoms with Crippen molar-refractivity contribution in [3.8, 4) is 22.8 Å². The first kappa shape index (κ1) is 25.3. The Morgan fingerprint density at radius 2 is 1.74 bits per heavy atom. The first-order valence-corrected chi connectivity index (χ1v) is 13.3. The van der Waals surface area contributed by atoms with E-state index in [1.54, 1.807) is 30.5 Å². The van der Waals surface area contributed by atoms with E-state index in [4.69, 9.17) is 43.7 Å². The highest BCUT2D eigenvalue weighted by molar-refractivity contribution is 7.87. The zero-order valence-electron chi connectivity index (χ0n) is 17.9. The Labute approximate surface area is 221 Å². The van der Waals surface area contributed by atoms with Gasteiger partial charge in [-0.2, -0.15) is 13.5 Å². The molecule has 0 aliphatic rings. The average Bonchev–Trinajstić information content (AvgIpc) is 3.31. The number of methoxy groups -OCH3 is 1. The van der Waals surface area contributed by atoms with Gasteiger partial charge in [-0.15, -0.1) is 11.3 Å². The first-order chi connectivity index (χ1) is 16.7. The van der Waals surface area contributed by atoms with Crippen molar-refractivity contribution in [2.45, 2.75) is 4.90 Å². The van der Waals surface area contributed by atoms with E-state index in [0.717, 1.165) is 11.3 Å². The molecular weight excluding hydrogens is 553 g/mol. The lowest BCUT2D eigenvalue weighted by molar-refractivity contribution is 0.390. The van der Waals surface area contributed by atoms with Crippen molar-refractivity contribution in [2.75, 3.05) is 12.5 Å². The lowest BCUT2D eigenvalue weighted by Crippen LogP contribution is -2.10. The second-order valence-corrected chi connectivity index (χ2v) is 10.6. The highest BCUT2D eigenvalue weighted by atomic mass is 35.5. The van der Waals surface area contributed by atoms with Gasteiger partial charge in [0.05, 0.1) is 29.1 Å². The molecule has 0 spiro atoms. The van der Waals surface area contributed by atoms with Gasteiger partial charge >= 0.3 is 10.1 Å². The average molecular weight is 569 g/mol. The van der Waals surface area contributed by atoms with Gasteiger partial charge in [-0.25, -0.2) is 4.98 Å². The summed E-state index contributed by atoms with van der Waals surface area (Å²) >= 11 is 19.2. The highest BCUT2D eigenvalue weighted by Crippen LogP contribution is 2.32. The largest absolute Gasteiger partial charge is 0.493 e. The van der Waals surface area contributed by atoms with Crippen molar-refractivity contribution in [3.63, 3.8) is 0 Å². The van der Waals surface area contributed by atoms with Crippen molar-refractivity contribution < 1.29 is 17.3 Å². The van der Waals surface area contributed by atoms with Crippen LogP contribution >= 0.6 is 46.1 Å². The molecule has 4 aromatic rings. The Kier molecular flexibility index (Phi) is 7.83. The maximum absolute atomic E-state index is 12.6. The molecule has 12 heteroatoms. The quantitative estimate of drug-likeness (QED) is 0.140. The van der Waals surface area contributed by atoms with Crippen LogP contribution in [0.15, 0.2) is 76.0 Å². The fourth-order valence-electron chi connectivity index (χ4n) is 2.88. The van der Waals surface area contributed by atoms with Gasteiger partial charge in [-0.05, 0) is 60.2 Å². The Morgan fingerprint density at radius 3 is 2.46 bits per heavy atom. The van der Waals surface area contributed by atoms with Crippen LogP contribution in [0, 0.1) is 0 Å². The van der Waals surface area contributed by atoms with Crippen LogP contribution < -0.4 is 14.3 Å². The van der Waals surface area contributed by atoms with Gasteiger partial charge in [-0.1, -0.05) is 40.9 Å². The molecule has 0 saturated heterocycles. The summed E-state index contributed by atoms with van der Waals surface area (Å²) in [6, 6.07) is 15.7. The zero-order valence-corrected chi connectivity index (χ0v) is 21.8. The molecule has 0 unspecified atom stereocenters. The number of ether oxygens (including phenoxy) is 1. The van der Waals surface area contributed by atoms with Gasteiger partial charge in [0.25, 0.3) is 0 Å². The van der Waals surface area contributed by atoms with E-state index in [-0.39, 0.29) is 16.4 Å². The Morgan fingerprint density at radius 1 is 0.971 bits per heavy atom. The van der Waals surface area contributed by atoms with Crippen molar-refractivity contribution in [1.29, 1.82) is 0 Å². The number of hydrogen-bond donors (Lipinski definition) is 1. The Balaban J connectivity index is 1.45. The predicted octanol–water partition coefficient (Wildman–Crippen LogP) is 6.99. The van der Waals surface area contributed by atoms with E-state index >= 15 is 0 Å². The number of nitrogens with one attached hydrogen (secondary N) is 1. The number of hydrazone groups is 1. The van der Waals surface area contributed by atoms with Crippen LogP contribution in [0.3, 0.4) is 0 Å². The zero-order chi connectivity index (χ0) is 25.0. The summed E-state index contributed by atoms with van der Waals surface area (Å²) < 4.78 is 35.7. The Bertz CT molecular complexity index is 1490. The van der Waals surface area contributed by atoms with Crippen molar-refractivity contribution in [3.05, 3.63) is 86.7 Å². The van der Waals surface area contributed by atoms with E-state index in [1.807, 2.05) is 11.4 Å². The molecule has 4 rings (SSSR count). The number of hydrogen-bond acceptors (Lipinski definition) is 8. The minimum absolute atomic E-state index is 0.0255. The summed E-state index contributed by atoms with van der Waals surface area (Å²) in [6.07, 6.45) is 1.54. The highest BCUT2D eigenvalue weighted by Gasteiger charge is 2.19. The molecular formula is C23H16Cl3N3O4S2. The SMILES string of the molecule is COc1cc(/C=N\Nc2nc(-c3ccc(Cl)c(Cl)c3)cs2)ccc1OS(=O)(=O)c1ccc(Cl)cc1. The summed E-state index contributed by atoms with van der Waals surface area (Å²) in [5.41, 5.74) is 5.08. The van der Waals surface area contributed by atoms with Gasteiger partial charge in [0.2, 0.25) is 5.13 Å². The maximum atomic E-state index is 12.6. The molecule has 0 radical (unpaired) electrons. The molecule has 1 heterocycles. The van der Waals surface area contributed by atoms with Crippen LogP contribution in [0.25, 0.3) is 11.3 Å². The number of anilines is 1. The molecule has 7 nitrogen and oxygen atoms in total. The molecule has 0 fully saturated rings. The van der Waals surface area contributed by atoms with Gasteiger partial charge < -0.3 is 8.92 Å². The molecule has 0 aliphatic heterocycles. The van der Waals surface area contributed by atoms with Crippen molar-refractivity contribution in [1.82, 2.24) is 4.98 Å². The number of benzene rings is 3. The van der Waals surface area contributed by atoms with E-state index < -0.39 is 10.1 Å². The second kappa shape index (κ2) is 10.8. The fraction of sp³-hybridized carbons (Fsp3) is 0.0435. The summed E-state index contributed by atoms with van der Waals surface area (Å²) in [5, 5.41) is 7.97. The first-order valence-electron chi connectivity index (χ1n) is 9.83. The summed E-state index contributed by atoms with van der Waals surface area (Å²) in [5.74, 6) is 0.265. The third-order valence-corrected chi connectivity index (χ3v) is 7.57. The van der Waals surface area contributed by atoms with Crippen LogP contribution in [0.4, 0.5) is 5.13 Å². The lowest BCUT2D eigenvalue weighted by Gasteiger charge is -2.11. The lowest BCUT2D eigenvalue weighted by atomic mass is 10.2. The van der Waals surface area contributed by atoms with Gasteiger partial charge in [0, 0.05) is 16.0 Å².